The highest BCUT2D eigenvalue weighted by atomic mass is 79.9. The maximum atomic E-state index is 12.1. The molecule has 0 spiro atoms. The quantitative estimate of drug-likeness (QED) is 0.287. The van der Waals surface area contributed by atoms with Crippen LogP contribution in [0.1, 0.15) is 15.9 Å². The lowest BCUT2D eigenvalue weighted by Gasteiger charge is -2.11. The number of carbonyl (C=O) groups is 2. The second-order valence-electron chi connectivity index (χ2n) is 6.22. The molecule has 0 saturated carbocycles. The van der Waals surface area contributed by atoms with Gasteiger partial charge in [-0.25, -0.2) is 5.43 Å². The zero-order valence-corrected chi connectivity index (χ0v) is 19.9. The minimum Gasteiger partial charge on any atom is -0.481 e. The van der Waals surface area contributed by atoms with Gasteiger partial charge >= 0.3 is 0 Å². The number of benzene rings is 3. The van der Waals surface area contributed by atoms with Crippen molar-refractivity contribution in [2.45, 2.75) is 0 Å². The van der Waals surface area contributed by atoms with Crippen LogP contribution in [0.2, 0.25) is 5.02 Å². The Labute approximate surface area is 200 Å². The Balaban J connectivity index is 1.57. The van der Waals surface area contributed by atoms with Gasteiger partial charge in [-0.05, 0) is 86.0 Å². The van der Waals surface area contributed by atoms with Gasteiger partial charge in [0.25, 0.3) is 11.8 Å². The molecule has 3 rings (SSSR count). The lowest BCUT2D eigenvalue weighted by Crippen LogP contribution is -2.20. The van der Waals surface area contributed by atoms with Gasteiger partial charge in [0.15, 0.2) is 6.61 Å². The van der Waals surface area contributed by atoms with Crippen LogP contribution in [0.4, 0.5) is 5.69 Å². The number of hydrogen-bond acceptors (Lipinski definition) is 4. The molecule has 0 aliphatic rings. The Morgan fingerprint density at radius 2 is 1.65 bits per heavy atom. The van der Waals surface area contributed by atoms with Crippen molar-refractivity contribution in [2.75, 3.05) is 11.9 Å². The van der Waals surface area contributed by atoms with E-state index in [1.165, 1.54) is 6.21 Å². The Bertz CT molecular complexity index is 1080. The van der Waals surface area contributed by atoms with E-state index in [0.717, 1.165) is 0 Å². The van der Waals surface area contributed by atoms with Gasteiger partial charge in [0.2, 0.25) is 0 Å². The van der Waals surface area contributed by atoms with Crippen LogP contribution in [-0.2, 0) is 4.79 Å². The number of hydrazone groups is 1. The largest absolute Gasteiger partial charge is 0.481 e. The van der Waals surface area contributed by atoms with Gasteiger partial charge < -0.3 is 10.1 Å². The first-order chi connectivity index (χ1) is 14.9. The second kappa shape index (κ2) is 11.1. The molecule has 6 nitrogen and oxygen atoms in total. The van der Waals surface area contributed by atoms with Crippen molar-refractivity contribution in [3.63, 3.8) is 0 Å². The van der Waals surface area contributed by atoms with Crippen LogP contribution in [0.5, 0.6) is 5.75 Å². The fraction of sp³-hybridized carbons (Fsp3) is 0.0455. The molecule has 0 aliphatic carbocycles. The fourth-order valence-corrected chi connectivity index (χ4v) is 4.06. The van der Waals surface area contributed by atoms with E-state index in [9.17, 15) is 9.59 Å². The third-order valence-electron chi connectivity index (χ3n) is 3.91. The molecule has 31 heavy (non-hydrogen) atoms. The summed E-state index contributed by atoms with van der Waals surface area (Å²) in [7, 11) is 0. The van der Waals surface area contributed by atoms with E-state index in [1.807, 2.05) is 6.07 Å². The molecule has 2 N–H and O–H groups in total. The molecule has 3 aromatic rings. The van der Waals surface area contributed by atoms with E-state index in [-0.39, 0.29) is 18.4 Å². The maximum absolute atomic E-state index is 12.1. The summed E-state index contributed by atoms with van der Waals surface area (Å²) >= 11 is 12.7. The molecular weight excluding hydrogens is 550 g/mol. The van der Waals surface area contributed by atoms with Crippen molar-refractivity contribution in [2.24, 2.45) is 5.10 Å². The molecule has 3 aromatic carbocycles. The molecule has 9 heteroatoms. The smallest absolute Gasteiger partial charge is 0.271 e. The monoisotopic (exact) mass is 563 g/mol. The summed E-state index contributed by atoms with van der Waals surface area (Å²) in [5, 5.41) is 7.29. The summed E-state index contributed by atoms with van der Waals surface area (Å²) < 4.78 is 6.88. The maximum Gasteiger partial charge on any atom is 0.271 e. The van der Waals surface area contributed by atoms with Gasteiger partial charge in [-0.2, -0.15) is 5.10 Å². The number of rotatable bonds is 7. The van der Waals surface area contributed by atoms with E-state index >= 15 is 0 Å². The summed E-state index contributed by atoms with van der Waals surface area (Å²) in [6, 6.07) is 19.1. The van der Waals surface area contributed by atoms with E-state index in [0.29, 0.717) is 36.5 Å². The lowest BCUT2D eigenvalue weighted by molar-refractivity contribution is -0.118. The minimum atomic E-state index is -0.310. The average molecular weight is 566 g/mol. The molecule has 158 valence electrons. The summed E-state index contributed by atoms with van der Waals surface area (Å²) in [5.74, 6) is -0.145. The van der Waals surface area contributed by atoms with Gasteiger partial charge in [-0.1, -0.05) is 29.8 Å². The van der Waals surface area contributed by atoms with Crippen LogP contribution in [-0.4, -0.2) is 24.6 Å². The molecule has 0 atom stereocenters. The molecule has 0 saturated heterocycles. The van der Waals surface area contributed by atoms with Gasteiger partial charge in [0.1, 0.15) is 5.75 Å². The highest BCUT2D eigenvalue weighted by molar-refractivity contribution is 9.11. The normalized spacial score (nSPS) is 10.7. The first-order valence-electron chi connectivity index (χ1n) is 8.98. The molecular formula is C22H16Br2ClN3O3. The molecule has 0 bridgehead atoms. The predicted octanol–water partition coefficient (Wildman–Crippen LogP) is 5.65. The summed E-state index contributed by atoms with van der Waals surface area (Å²) in [5.41, 5.74) is 4.33. The number of anilines is 1. The number of halogens is 3. The van der Waals surface area contributed by atoms with Crippen LogP contribution in [0, 0.1) is 0 Å². The standard InChI is InChI=1S/C22H16Br2ClN3O3/c23-18-10-14(12-26-28-22(30)15-4-2-1-3-5-15)11-19(24)21(18)31-13-20(29)27-17-8-6-16(25)7-9-17/h1-12H,13H2,(H,27,29)(H,28,30)/b26-12+. The first-order valence-corrected chi connectivity index (χ1v) is 10.9. The Hall–Kier alpha value is -2.68. The van der Waals surface area contributed by atoms with Crippen LogP contribution < -0.4 is 15.5 Å². The highest BCUT2D eigenvalue weighted by Crippen LogP contribution is 2.34. The number of hydrogen-bond donors (Lipinski definition) is 2. The summed E-state index contributed by atoms with van der Waals surface area (Å²) in [4.78, 5) is 24.1. The third-order valence-corrected chi connectivity index (χ3v) is 5.34. The fourth-order valence-electron chi connectivity index (χ4n) is 2.48. The summed E-state index contributed by atoms with van der Waals surface area (Å²) in [6.07, 6.45) is 1.51. The topological polar surface area (TPSA) is 79.8 Å². The lowest BCUT2D eigenvalue weighted by atomic mass is 10.2. The molecule has 0 aromatic heterocycles. The van der Waals surface area contributed by atoms with E-state index < -0.39 is 0 Å². The number of amides is 2. The zero-order chi connectivity index (χ0) is 22.2. The van der Waals surface area contributed by atoms with Crippen molar-refractivity contribution in [1.82, 2.24) is 5.43 Å². The molecule has 2 amide bonds. The van der Waals surface area contributed by atoms with Crippen LogP contribution in [0.3, 0.4) is 0 Å². The molecule has 0 unspecified atom stereocenters. The highest BCUT2D eigenvalue weighted by Gasteiger charge is 2.11. The van der Waals surface area contributed by atoms with Crippen LogP contribution in [0.15, 0.2) is 80.8 Å². The Kier molecular flexibility index (Phi) is 8.22. The molecule has 0 aliphatic heterocycles. The van der Waals surface area contributed by atoms with Crippen molar-refractivity contribution in [1.29, 1.82) is 0 Å². The summed E-state index contributed by atoms with van der Waals surface area (Å²) in [6.45, 7) is -0.180. The van der Waals surface area contributed by atoms with E-state index in [4.69, 9.17) is 16.3 Å². The third kappa shape index (κ3) is 6.92. The van der Waals surface area contributed by atoms with Crippen molar-refractivity contribution in [3.8, 4) is 5.75 Å². The van der Waals surface area contributed by atoms with Gasteiger partial charge in [-0.15, -0.1) is 0 Å². The number of ether oxygens (including phenoxy) is 1. The van der Waals surface area contributed by atoms with Gasteiger partial charge in [0, 0.05) is 16.3 Å². The Morgan fingerprint density at radius 3 is 2.29 bits per heavy atom. The zero-order valence-electron chi connectivity index (χ0n) is 15.9. The molecule has 0 heterocycles. The Morgan fingerprint density at radius 1 is 1.00 bits per heavy atom. The predicted molar refractivity (Wildman–Crippen MR) is 129 cm³/mol. The number of nitrogens with zero attached hydrogens (tertiary/aromatic N) is 1. The van der Waals surface area contributed by atoms with E-state index in [2.05, 4.69) is 47.7 Å². The average Bonchev–Trinajstić information content (AvgIpc) is 2.75. The minimum absolute atomic E-state index is 0.180. The van der Waals surface area contributed by atoms with Crippen LogP contribution in [0.25, 0.3) is 0 Å². The SMILES string of the molecule is O=C(COc1c(Br)cc(/C=N/NC(=O)c2ccccc2)cc1Br)Nc1ccc(Cl)cc1. The number of nitrogens with one attached hydrogen (secondary N) is 2. The van der Waals surface area contributed by atoms with Gasteiger partial charge in [0.05, 0.1) is 15.2 Å². The van der Waals surface area contributed by atoms with E-state index in [1.54, 1.807) is 60.7 Å². The molecule has 0 fully saturated rings. The molecule has 0 radical (unpaired) electrons. The van der Waals surface area contributed by atoms with Crippen LogP contribution >= 0.6 is 43.5 Å². The van der Waals surface area contributed by atoms with Gasteiger partial charge in [-0.3, -0.25) is 9.59 Å². The second-order valence-corrected chi connectivity index (χ2v) is 8.37. The number of carbonyl (C=O) groups excluding carboxylic acids is 2. The van der Waals surface area contributed by atoms with Crippen molar-refractivity contribution in [3.05, 3.63) is 91.8 Å². The van der Waals surface area contributed by atoms with Crippen molar-refractivity contribution < 1.29 is 14.3 Å². The first kappa shape index (κ1) is 23.0. The van der Waals surface area contributed by atoms with Crippen molar-refractivity contribution >= 4 is 67.2 Å².